The highest BCUT2D eigenvalue weighted by Crippen LogP contribution is 2.26. The molecule has 0 aromatic heterocycles. The third-order valence-electron chi connectivity index (χ3n) is 3.38. The van der Waals surface area contributed by atoms with Gasteiger partial charge >= 0.3 is 0 Å². The van der Waals surface area contributed by atoms with Crippen LogP contribution < -0.4 is 5.32 Å². The third kappa shape index (κ3) is 2.09. The van der Waals surface area contributed by atoms with Crippen molar-refractivity contribution in [2.45, 2.75) is 57.4 Å². The molecule has 14 heavy (non-hydrogen) atoms. The molecule has 0 aromatic carbocycles. The maximum absolute atomic E-state index is 13.3. The molecule has 2 fully saturated rings. The zero-order valence-electron chi connectivity index (χ0n) is 9.39. The summed E-state index contributed by atoms with van der Waals surface area (Å²) in [6, 6.07) is 0.744. The first-order valence-electron chi connectivity index (χ1n) is 5.60. The number of hydrogen-bond donors (Lipinski definition) is 1. The lowest BCUT2D eigenvalue weighted by Gasteiger charge is -2.48. The maximum atomic E-state index is 13.3. The second-order valence-corrected chi connectivity index (χ2v) is 5.71. The molecule has 1 N–H and O–H groups in total. The number of alkyl halides is 1. The van der Waals surface area contributed by atoms with E-state index < -0.39 is 6.17 Å². The Morgan fingerprint density at radius 2 is 1.64 bits per heavy atom. The van der Waals surface area contributed by atoms with Gasteiger partial charge in [0.1, 0.15) is 6.17 Å². The van der Waals surface area contributed by atoms with Crippen molar-refractivity contribution in [2.24, 2.45) is 0 Å². The quantitative estimate of drug-likeness (QED) is 0.638. The zero-order valence-corrected chi connectivity index (χ0v) is 9.39. The van der Waals surface area contributed by atoms with Crippen LogP contribution in [0.3, 0.4) is 0 Å². The van der Waals surface area contributed by atoms with Crippen LogP contribution in [0.4, 0.5) is 4.39 Å². The molecule has 2 heterocycles. The maximum Gasteiger partial charge on any atom is 0.103 e. The van der Waals surface area contributed by atoms with Gasteiger partial charge in [0.05, 0.1) is 0 Å². The molecule has 0 aliphatic carbocycles. The summed E-state index contributed by atoms with van der Waals surface area (Å²) in [6.45, 7) is 8.71. The summed E-state index contributed by atoms with van der Waals surface area (Å²) in [4.78, 5) is 2.48. The van der Waals surface area contributed by atoms with Crippen molar-refractivity contribution in [3.63, 3.8) is 0 Å². The molecular weight excluding hydrogens is 179 g/mol. The minimum atomic E-state index is -0.576. The van der Waals surface area contributed by atoms with E-state index in [9.17, 15) is 4.39 Å². The predicted octanol–water partition coefficient (Wildman–Crippen LogP) is 1.56. The number of rotatable bonds is 0. The number of nitrogens with one attached hydrogen (secondary N) is 1. The SMILES string of the molecule is CC(C)(C)N1CC2CC(F)CC(C1)N2. The minimum absolute atomic E-state index is 0.224. The zero-order chi connectivity index (χ0) is 10.3. The molecule has 2 unspecified atom stereocenters. The average molecular weight is 200 g/mol. The summed E-state index contributed by atoms with van der Waals surface area (Å²) in [6.07, 6.45) is 0.819. The summed E-state index contributed by atoms with van der Waals surface area (Å²) < 4.78 is 13.3. The van der Waals surface area contributed by atoms with Crippen LogP contribution in [-0.2, 0) is 0 Å². The summed E-state index contributed by atoms with van der Waals surface area (Å²) in [5.74, 6) is 0. The number of piperidine rings is 1. The molecule has 0 aromatic rings. The fraction of sp³-hybridized carbons (Fsp3) is 1.00. The highest BCUT2D eigenvalue weighted by molar-refractivity contribution is 4.96. The van der Waals surface area contributed by atoms with E-state index >= 15 is 0 Å². The normalized spacial score (nSPS) is 39.9. The standard InChI is InChI=1S/C11H21FN2/c1-11(2,3)14-6-9-4-8(12)5-10(7-14)13-9/h8-10,13H,4-7H2,1-3H3. The van der Waals surface area contributed by atoms with Crippen LogP contribution in [0.1, 0.15) is 33.6 Å². The molecule has 2 saturated heterocycles. The summed E-state index contributed by atoms with van der Waals surface area (Å²) in [7, 11) is 0. The lowest BCUT2D eigenvalue weighted by Crippen LogP contribution is -2.64. The lowest BCUT2D eigenvalue weighted by molar-refractivity contribution is 0.0293. The van der Waals surface area contributed by atoms with E-state index in [1.165, 1.54) is 0 Å². The Morgan fingerprint density at radius 3 is 2.07 bits per heavy atom. The van der Waals surface area contributed by atoms with Gasteiger partial charge in [0.15, 0.2) is 0 Å². The van der Waals surface area contributed by atoms with Crippen LogP contribution in [0.5, 0.6) is 0 Å². The molecule has 2 aliphatic rings. The van der Waals surface area contributed by atoms with Gasteiger partial charge in [-0.1, -0.05) is 0 Å². The van der Waals surface area contributed by atoms with E-state index in [1.54, 1.807) is 0 Å². The molecule has 2 aliphatic heterocycles. The monoisotopic (exact) mass is 200 g/mol. The first kappa shape index (κ1) is 10.4. The van der Waals surface area contributed by atoms with Gasteiger partial charge in [0, 0.05) is 30.7 Å². The Hall–Kier alpha value is -0.150. The Kier molecular flexibility index (Phi) is 2.56. The van der Waals surface area contributed by atoms with Gasteiger partial charge in [-0.2, -0.15) is 0 Å². The van der Waals surface area contributed by atoms with Crippen molar-refractivity contribution < 1.29 is 4.39 Å². The number of likely N-dealkylation sites (tertiary alicyclic amines) is 1. The van der Waals surface area contributed by atoms with Crippen molar-refractivity contribution >= 4 is 0 Å². The summed E-state index contributed by atoms with van der Waals surface area (Å²) in [5.41, 5.74) is 0.224. The number of piperazine rings is 1. The fourth-order valence-corrected chi connectivity index (χ4v) is 2.59. The van der Waals surface area contributed by atoms with Crippen molar-refractivity contribution in [2.75, 3.05) is 13.1 Å². The summed E-state index contributed by atoms with van der Waals surface area (Å²) in [5, 5.41) is 3.50. The number of nitrogens with zero attached hydrogens (tertiary/aromatic N) is 1. The van der Waals surface area contributed by atoms with E-state index in [0.29, 0.717) is 24.9 Å². The molecule has 2 nitrogen and oxygen atoms in total. The van der Waals surface area contributed by atoms with Crippen molar-refractivity contribution in [1.82, 2.24) is 10.2 Å². The average Bonchev–Trinajstić information content (AvgIpc) is 1.99. The number of fused-ring (bicyclic) bond motifs is 2. The molecule has 82 valence electrons. The Morgan fingerprint density at radius 1 is 1.14 bits per heavy atom. The first-order chi connectivity index (χ1) is 6.45. The second kappa shape index (κ2) is 3.46. The smallest absolute Gasteiger partial charge is 0.103 e. The number of halogens is 1. The minimum Gasteiger partial charge on any atom is -0.308 e. The van der Waals surface area contributed by atoms with Gasteiger partial charge in [-0.25, -0.2) is 4.39 Å². The second-order valence-electron chi connectivity index (χ2n) is 5.71. The van der Waals surface area contributed by atoms with Crippen LogP contribution in [0.15, 0.2) is 0 Å². The van der Waals surface area contributed by atoms with E-state index in [0.717, 1.165) is 13.1 Å². The highest BCUT2D eigenvalue weighted by atomic mass is 19.1. The molecule has 0 saturated carbocycles. The highest BCUT2D eigenvalue weighted by Gasteiger charge is 2.37. The van der Waals surface area contributed by atoms with E-state index in [-0.39, 0.29) is 5.54 Å². The van der Waals surface area contributed by atoms with Gasteiger partial charge in [-0.15, -0.1) is 0 Å². The first-order valence-corrected chi connectivity index (χ1v) is 5.60. The molecule has 2 rings (SSSR count). The van der Waals surface area contributed by atoms with Crippen LogP contribution in [0.2, 0.25) is 0 Å². The lowest BCUT2D eigenvalue weighted by atomic mass is 9.90. The van der Waals surface area contributed by atoms with Crippen LogP contribution in [-0.4, -0.2) is 41.8 Å². The van der Waals surface area contributed by atoms with E-state index in [2.05, 4.69) is 31.0 Å². The Labute approximate surface area is 85.9 Å². The molecular formula is C11H21FN2. The van der Waals surface area contributed by atoms with Crippen molar-refractivity contribution in [3.8, 4) is 0 Å². The van der Waals surface area contributed by atoms with Gasteiger partial charge in [-0.05, 0) is 33.6 Å². The third-order valence-corrected chi connectivity index (χ3v) is 3.38. The van der Waals surface area contributed by atoms with Crippen molar-refractivity contribution in [1.29, 1.82) is 0 Å². The summed E-state index contributed by atoms with van der Waals surface area (Å²) >= 11 is 0. The van der Waals surface area contributed by atoms with E-state index in [4.69, 9.17) is 0 Å². The van der Waals surface area contributed by atoms with Gasteiger partial charge < -0.3 is 5.32 Å². The van der Waals surface area contributed by atoms with Gasteiger partial charge in [0.25, 0.3) is 0 Å². The molecule has 3 heteroatoms. The van der Waals surface area contributed by atoms with Crippen LogP contribution in [0.25, 0.3) is 0 Å². The molecule has 0 radical (unpaired) electrons. The molecule has 2 bridgehead atoms. The van der Waals surface area contributed by atoms with E-state index in [1.807, 2.05) is 0 Å². The van der Waals surface area contributed by atoms with Gasteiger partial charge in [-0.3, -0.25) is 4.90 Å². The predicted molar refractivity (Wildman–Crippen MR) is 56.2 cm³/mol. The molecule has 2 atom stereocenters. The Bertz CT molecular complexity index is 194. The van der Waals surface area contributed by atoms with Crippen LogP contribution in [0, 0.1) is 0 Å². The Balaban J connectivity index is 2.02. The van der Waals surface area contributed by atoms with Crippen LogP contribution >= 0.6 is 0 Å². The van der Waals surface area contributed by atoms with Crippen molar-refractivity contribution in [3.05, 3.63) is 0 Å². The molecule has 0 amide bonds. The van der Waals surface area contributed by atoms with Gasteiger partial charge in [0.2, 0.25) is 0 Å². The largest absolute Gasteiger partial charge is 0.308 e. The molecule has 0 spiro atoms. The fourth-order valence-electron chi connectivity index (χ4n) is 2.59. The topological polar surface area (TPSA) is 15.3 Å². The number of hydrogen-bond acceptors (Lipinski definition) is 2.